The van der Waals surface area contributed by atoms with E-state index in [0.717, 1.165) is 25.7 Å². The van der Waals surface area contributed by atoms with E-state index in [1.54, 1.807) is 0 Å². The van der Waals surface area contributed by atoms with E-state index in [1.807, 2.05) is 0 Å². The summed E-state index contributed by atoms with van der Waals surface area (Å²) in [5.74, 6) is 2.81. The number of hydrogen-bond donors (Lipinski definition) is 1. The Morgan fingerprint density at radius 2 is 2.18 bits per heavy atom. The lowest BCUT2D eigenvalue weighted by Gasteiger charge is -2.12. The zero-order valence-electron chi connectivity index (χ0n) is 6.34. The largest absolute Gasteiger partial charge is 0.464 e. The molecular weight excluding hydrogens is 142 g/mol. The van der Waals surface area contributed by atoms with Crippen molar-refractivity contribution in [1.82, 2.24) is 4.90 Å². The molecule has 1 N–H and O–H groups in total. The van der Waals surface area contributed by atoms with Gasteiger partial charge in [-0.2, -0.15) is 0 Å². The lowest BCUT2D eigenvalue weighted by Crippen LogP contribution is -2.25. The van der Waals surface area contributed by atoms with Gasteiger partial charge in [-0.15, -0.1) is 0 Å². The van der Waals surface area contributed by atoms with Crippen LogP contribution in [0.4, 0.5) is 4.79 Å². The second kappa shape index (κ2) is 3.87. The van der Waals surface area contributed by atoms with Gasteiger partial charge in [-0.1, -0.05) is 12.3 Å². The van der Waals surface area contributed by atoms with Crippen LogP contribution in [0.1, 0.15) is 25.7 Å². The Bertz CT molecular complexity index is 202. The van der Waals surface area contributed by atoms with E-state index in [4.69, 9.17) is 5.11 Å². The zero-order chi connectivity index (χ0) is 8.10. The standard InChI is InChI=1S/C8H11NO2/c10-8(11)9-6-4-2-1-3-5-7-9/h1-4,6H2,(H,10,11). The third kappa shape index (κ3) is 2.50. The van der Waals surface area contributed by atoms with Crippen molar-refractivity contribution in [3.8, 4) is 12.0 Å². The summed E-state index contributed by atoms with van der Waals surface area (Å²) >= 11 is 0. The Morgan fingerprint density at radius 1 is 1.36 bits per heavy atom. The highest BCUT2D eigenvalue weighted by Gasteiger charge is 2.08. The SMILES string of the molecule is O=C(O)N1C#CCCCCC1. The van der Waals surface area contributed by atoms with Crippen molar-refractivity contribution in [3.63, 3.8) is 0 Å². The van der Waals surface area contributed by atoms with Gasteiger partial charge in [0.25, 0.3) is 0 Å². The van der Waals surface area contributed by atoms with Crippen molar-refractivity contribution < 1.29 is 9.90 Å². The molecule has 0 aromatic heterocycles. The van der Waals surface area contributed by atoms with E-state index in [1.165, 1.54) is 4.90 Å². The van der Waals surface area contributed by atoms with Gasteiger partial charge in [0, 0.05) is 19.0 Å². The summed E-state index contributed by atoms with van der Waals surface area (Å²) in [6, 6.07) is 2.60. The van der Waals surface area contributed by atoms with Gasteiger partial charge < -0.3 is 5.11 Å². The first-order valence-corrected chi connectivity index (χ1v) is 3.79. The van der Waals surface area contributed by atoms with E-state index in [0.29, 0.717) is 6.54 Å². The number of carboxylic acid groups (broad SMARTS) is 1. The first-order chi connectivity index (χ1) is 5.30. The van der Waals surface area contributed by atoms with E-state index >= 15 is 0 Å². The Balaban J connectivity index is 2.54. The van der Waals surface area contributed by atoms with Crippen LogP contribution in [0.25, 0.3) is 0 Å². The second-order valence-corrected chi connectivity index (χ2v) is 2.53. The fourth-order valence-corrected chi connectivity index (χ4v) is 1.01. The average Bonchev–Trinajstić information content (AvgIpc) is 1.84. The van der Waals surface area contributed by atoms with Crippen LogP contribution in [0.15, 0.2) is 0 Å². The Morgan fingerprint density at radius 3 is 2.91 bits per heavy atom. The zero-order valence-corrected chi connectivity index (χ0v) is 6.34. The normalized spacial score (nSPS) is 17.6. The summed E-state index contributed by atoms with van der Waals surface area (Å²) < 4.78 is 0. The molecule has 0 aromatic rings. The van der Waals surface area contributed by atoms with Crippen molar-refractivity contribution in [1.29, 1.82) is 0 Å². The predicted molar refractivity (Wildman–Crippen MR) is 41.0 cm³/mol. The first-order valence-electron chi connectivity index (χ1n) is 3.79. The fraction of sp³-hybridized carbons (Fsp3) is 0.625. The van der Waals surface area contributed by atoms with Crippen molar-refractivity contribution in [2.75, 3.05) is 6.54 Å². The average molecular weight is 153 g/mol. The summed E-state index contributed by atoms with van der Waals surface area (Å²) in [6.45, 7) is 0.558. The minimum atomic E-state index is -0.931. The van der Waals surface area contributed by atoms with Crippen LogP contribution in [0.5, 0.6) is 0 Å². The summed E-state index contributed by atoms with van der Waals surface area (Å²) in [4.78, 5) is 11.6. The van der Waals surface area contributed by atoms with Crippen molar-refractivity contribution >= 4 is 6.09 Å². The van der Waals surface area contributed by atoms with Gasteiger partial charge in [-0.3, -0.25) is 0 Å². The molecule has 0 aliphatic carbocycles. The van der Waals surface area contributed by atoms with Gasteiger partial charge in [-0.25, -0.2) is 9.69 Å². The molecule has 0 bridgehead atoms. The third-order valence-corrected chi connectivity index (χ3v) is 1.63. The van der Waals surface area contributed by atoms with Crippen molar-refractivity contribution in [3.05, 3.63) is 0 Å². The second-order valence-electron chi connectivity index (χ2n) is 2.53. The number of hydrogen-bond acceptors (Lipinski definition) is 1. The van der Waals surface area contributed by atoms with E-state index in [9.17, 15) is 4.79 Å². The van der Waals surface area contributed by atoms with Gasteiger partial charge in [0.2, 0.25) is 0 Å². The van der Waals surface area contributed by atoms with Gasteiger partial charge in [0.05, 0.1) is 0 Å². The number of carbonyl (C=O) groups is 1. The molecule has 0 unspecified atom stereocenters. The Labute approximate surface area is 66.0 Å². The molecule has 1 rings (SSSR count). The summed E-state index contributed by atoms with van der Waals surface area (Å²) in [5, 5.41) is 8.58. The lowest BCUT2D eigenvalue weighted by molar-refractivity contribution is 0.165. The molecule has 0 saturated carbocycles. The van der Waals surface area contributed by atoms with Gasteiger partial charge in [0.1, 0.15) is 0 Å². The minimum Gasteiger partial charge on any atom is -0.464 e. The highest BCUT2D eigenvalue weighted by molar-refractivity contribution is 5.67. The predicted octanol–water partition coefficient (Wildman–Crippen LogP) is 1.50. The molecule has 0 saturated heterocycles. The van der Waals surface area contributed by atoms with Crippen LogP contribution in [0, 0.1) is 12.0 Å². The highest BCUT2D eigenvalue weighted by atomic mass is 16.4. The number of rotatable bonds is 0. The number of nitrogens with zero attached hydrogens (tertiary/aromatic N) is 1. The van der Waals surface area contributed by atoms with E-state index < -0.39 is 6.09 Å². The maximum absolute atomic E-state index is 10.4. The quantitative estimate of drug-likeness (QED) is 0.536. The molecule has 1 aliphatic heterocycles. The molecule has 0 radical (unpaired) electrons. The van der Waals surface area contributed by atoms with Gasteiger partial charge in [0.15, 0.2) is 0 Å². The van der Waals surface area contributed by atoms with Crippen LogP contribution in [0.2, 0.25) is 0 Å². The Kier molecular flexibility index (Phi) is 2.79. The lowest BCUT2D eigenvalue weighted by atomic mass is 10.2. The van der Waals surface area contributed by atoms with E-state index in [-0.39, 0.29) is 0 Å². The number of amides is 1. The van der Waals surface area contributed by atoms with E-state index in [2.05, 4.69) is 12.0 Å². The molecule has 0 spiro atoms. The topological polar surface area (TPSA) is 40.5 Å². The molecule has 1 amide bonds. The monoisotopic (exact) mass is 153 g/mol. The molecule has 1 aliphatic rings. The molecule has 1 heterocycles. The molecule has 60 valence electrons. The van der Waals surface area contributed by atoms with Crippen LogP contribution in [0.3, 0.4) is 0 Å². The van der Waals surface area contributed by atoms with Crippen LogP contribution >= 0.6 is 0 Å². The molecule has 0 aromatic carbocycles. The molecule has 3 nitrogen and oxygen atoms in total. The smallest absolute Gasteiger partial charge is 0.419 e. The van der Waals surface area contributed by atoms with Gasteiger partial charge in [-0.05, 0) is 12.8 Å². The summed E-state index contributed by atoms with van der Waals surface area (Å²) in [5.41, 5.74) is 0. The molecular formula is C8H11NO2. The van der Waals surface area contributed by atoms with Crippen molar-refractivity contribution in [2.45, 2.75) is 25.7 Å². The molecule has 0 fully saturated rings. The van der Waals surface area contributed by atoms with Crippen LogP contribution < -0.4 is 0 Å². The third-order valence-electron chi connectivity index (χ3n) is 1.63. The molecule has 11 heavy (non-hydrogen) atoms. The van der Waals surface area contributed by atoms with Crippen LogP contribution in [-0.4, -0.2) is 22.6 Å². The highest BCUT2D eigenvalue weighted by Crippen LogP contribution is 2.03. The first kappa shape index (κ1) is 7.93. The molecule has 0 atom stereocenters. The van der Waals surface area contributed by atoms with Gasteiger partial charge >= 0.3 is 6.09 Å². The maximum atomic E-state index is 10.4. The maximum Gasteiger partial charge on any atom is 0.419 e. The van der Waals surface area contributed by atoms with Crippen LogP contribution in [-0.2, 0) is 0 Å². The minimum absolute atomic E-state index is 0.558. The fourth-order valence-electron chi connectivity index (χ4n) is 1.01. The molecule has 3 heteroatoms. The Hall–Kier alpha value is -1.17. The van der Waals surface area contributed by atoms with Crippen molar-refractivity contribution in [2.24, 2.45) is 0 Å². The summed E-state index contributed by atoms with van der Waals surface area (Å²) in [6.07, 6.45) is 3.00. The summed E-state index contributed by atoms with van der Waals surface area (Å²) in [7, 11) is 0.